The number of methoxy groups -OCH3 is 1. The molecule has 1 heterocycles. The zero-order chi connectivity index (χ0) is 18.6. The molecule has 1 unspecified atom stereocenters. The fourth-order valence-corrected chi connectivity index (χ4v) is 4.49. The number of hydrogen-bond acceptors (Lipinski definition) is 6. The molecule has 0 aromatic heterocycles. The van der Waals surface area contributed by atoms with Crippen LogP contribution in [0.5, 0.6) is 0 Å². The minimum absolute atomic E-state index is 0.0148. The largest absolute Gasteiger partial charge is 0.397 e. The lowest BCUT2D eigenvalue weighted by Gasteiger charge is -2.27. The van der Waals surface area contributed by atoms with E-state index in [1.165, 1.54) is 12.0 Å². The van der Waals surface area contributed by atoms with Crippen LogP contribution in [0.3, 0.4) is 0 Å². The number of rotatable bonds is 5. The van der Waals surface area contributed by atoms with E-state index in [1.807, 2.05) is 6.92 Å². The van der Waals surface area contributed by atoms with E-state index in [4.69, 9.17) is 10.5 Å². The Labute approximate surface area is 147 Å². The van der Waals surface area contributed by atoms with Gasteiger partial charge in [0.1, 0.15) is 0 Å². The van der Waals surface area contributed by atoms with Crippen LogP contribution in [0.2, 0.25) is 0 Å². The lowest BCUT2D eigenvalue weighted by atomic mass is 10.2. The summed E-state index contributed by atoms with van der Waals surface area (Å²) in [5.74, 6) is -1.77. The molecule has 0 spiro atoms. The minimum Gasteiger partial charge on any atom is -0.397 e. The summed E-state index contributed by atoms with van der Waals surface area (Å²) in [7, 11) is -1.71. The van der Waals surface area contributed by atoms with E-state index in [0.717, 1.165) is 5.56 Å². The number of ether oxygens (including phenoxy) is 1. The SMILES string of the molecule is COCCN(C(=O)C(=O)Nc1ccc(C)cc1N)C1CCS(=O)(=O)C1. The third kappa shape index (κ3) is 4.93. The van der Waals surface area contributed by atoms with Gasteiger partial charge < -0.3 is 20.7 Å². The van der Waals surface area contributed by atoms with Gasteiger partial charge in [0.2, 0.25) is 0 Å². The van der Waals surface area contributed by atoms with Crippen LogP contribution < -0.4 is 11.1 Å². The summed E-state index contributed by atoms with van der Waals surface area (Å²) in [6.45, 7) is 2.22. The van der Waals surface area contributed by atoms with Crippen molar-refractivity contribution in [3.8, 4) is 0 Å². The molecule has 2 rings (SSSR count). The summed E-state index contributed by atoms with van der Waals surface area (Å²) >= 11 is 0. The normalized spacial score (nSPS) is 18.7. The Bertz CT molecular complexity index is 763. The topological polar surface area (TPSA) is 119 Å². The number of nitrogens with two attached hydrogens (primary N) is 1. The average Bonchev–Trinajstić information content (AvgIpc) is 2.90. The van der Waals surface area contributed by atoms with E-state index < -0.39 is 27.7 Å². The monoisotopic (exact) mass is 369 g/mol. The van der Waals surface area contributed by atoms with E-state index in [0.29, 0.717) is 17.8 Å². The summed E-state index contributed by atoms with van der Waals surface area (Å²) in [6, 6.07) is 4.55. The highest BCUT2D eigenvalue weighted by Gasteiger charge is 2.36. The molecule has 1 aliphatic heterocycles. The third-order valence-electron chi connectivity index (χ3n) is 4.10. The number of hydrogen-bond donors (Lipinski definition) is 2. The maximum absolute atomic E-state index is 12.6. The van der Waals surface area contributed by atoms with Crippen LogP contribution in [0.25, 0.3) is 0 Å². The van der Waals surface area contributed by atoms with Crippen molar-refractivity contribution in [3.63, 3.8) is 0 Å². The Morgan fingerprint density at radius 1 is 1.40 bits per heavy atom. The van der Waals surface area contributed by atoms with Crippen LogP contribution in [-0.2, 0) is 24.2 Å². The summed E-state index contributed by atoms with van der Waals surface area (Å²) in [6.07, 6.45) is 0.317. The second-order valence-electron chi connectivity index (χ2n) is 6.09. The smallest absolute Gasteiger partial charge is 0.313 e. The molecule has 1 atom stereocenters. The number of anilines is 2. The molecule has 1 aliphatic rings. The molecule has 0 aliphatic carbocycles. The maximum Gasteiger partial charge on any atom is 0.313 e. The predicted molar refractivity (Wildman–Crippen MR) is 94.9 cm³/mol. The van der Waals surface area contributed by atoms with Crippen LogP contribution in [0.15, 0.2) is 18.2 Å². The number of nitrogens with zero attached hydrogens (tertiary/aromatic N) is 1. The fourth-order valence-electron chi connectivity index (χ4n) is 2.76. The summed E-state index contributed by atoms with van der Waals surface area (Å²) in [5.41, 5.74) is 7.47. The van der Waals surface area contributed by atoms with Crippen molar-refractivity contribution in [2.75, 3.05) is 42.8 Å². The first-order valence-electron chi connectivity index (χ1n) is 7.91. The standard InChI is InChI=1S/C16H23N3O5S/c1-11-3-4-14(13(17)9-11)18-15(20)16(21)19(6-7-24-2)12-5-8-25(22,23)10-12/h3-4,9,12H,5-8,10,17H2,1-2H3,(H,18,20). The molecule has 25 heavy (non-hydrogen) atoms. The van der Waals surface area contributed by atoms with Gasteiger partial charge in [0.25, 0.3) is 0 Å². The van der Waals surface area contributed by atoms with Gasteiger partial charge >= 0.3 is 11.8 Å². The quantitative estimate of drug-likeness (QED) is 0.564. The zero-order valence-electron chi connectivity index (χ0n) is 14.3. The van der Waals surface area contributed by atoms with Crippen LogP contribution in [0.1, 0.15) is 12.0 Å². The Morgan fingerprint density at radius 2 is 2.12 bits per heavy atom. The second-order valence-corrected chi connectivity index (χ2v) is 8.32. The van der Waals surface area contributed by atoms with Crippen LogP contribution in [0.4, 0.5) is 11.4 Å². The van der Waals surface area contributed by atoms with Gasteiger partial charge in [0.15, 0.2) is 9.84 Å². The molecule has 9 heteroatoms. The van der Waals surface area contributed by atoms with Gasteiger partial charge in [-0.3, -0.25) is 9.59 Å². The first kappa shape index (κ1) is 19.2. The van der Waals surface area contributed by atoms with Crippen molar-refractivity contribution in [1.82, 2.24) is 4.90 Å². The molecule has 0 bridgehead atoms. The van der Waals surface area contributed by atoms with Crippen LogP contribution in [0, 0.1) is 6.92 Å². The molecule has 1 aromatic rings. The molecule has 138 valence electrons. The number of benzene rings is 1. The Kier molecular flexibility index (Phi) is 6.02. The molecule has 0 radical (unpaired) electrons. The lowest BCUT2D eigenvalue weighted by molar-refractivity contribution is -0.144. The number of carbonyl (C=O) groups is 2. The summed E-state index contributed by atoms with van der Waals surface area (Å²) in [4.78, 5) is 26.1. The Balaban J connectivity index is 2.13. The van der Waals surface area contributed by atoms with Crippen molar-refractivity contribution in [3.05, 3.63) is 23.8 Å². The van der Waals surface area contributed by atoms with Gasteiger partial charge in [-0.1, -0.05) is 6.07 Å². The van der Waals surface area contributed by atoms with Crippen molar-refractivity contribution in [2.24, 2.45) is 0 Å². The van der Waals surface area contributed by atoms with Crippen molar-refractivity contribution >= 4 is 33.0 Å². The van der Waals surface area contributed by atoms with Crippen LogP contribution in [-0.4, -0.2) is 62.9 Å². The molecule has 0 saturated carbocycles. The van der Waals surface area contributed by atoms with Crippen molar-refractivity contribution < 1.29 is 22.7 Å². The number of sulfone groups is 1. The second kappa shape index (κ2) is 7.83. The highest BCUT2D eigenvalue weighted by molar-refractivity contribution is 7.91. The molecule has 1 saturated heterocycles. The van der Waals surface area contributed by atoms with Gasteiger partial charge in [0, 0.05) is 19.7 Å². The summed E-state index contributed by atoms with van der Waals surface area (Å²) < 4.78 is 28.4. The van der Waals surface area contributed by atoms with E-state index in [1.54, 1.807) is 18.2 Å². The van der Waals surface area contributed by atoms with Crippen LogP contribution >= 0.6 is 0 Å². The van der Waals surface area contributed by atoms with E-state index in [9.17, 15) is 18.0 Å². The Morgan fingerprint density at radius 3 is 2.68 bits per heavy atom. The van der Waals surface area contributed by atoms with Gasteiger partial charge in [-0.2, -0.15) is 0 Å². The average molecular weight is 369 g/mol. The zero-order valence-corrected chi connectivity index (χ0v) is 15.1. The minimum atomic E-state index is -3.18. The molecule has 8 nitrogen and oxygen atoms in total. The first-order valence-corrected chi connectivity index (χ1v) is 9.73. The fraction of sp³-hybridized carbons (Fsp3) is 0.500. The predicted octanol–water partition coefficient (Wildman–Crippen LogP) is 0.178. The van der Waals surface area contributed by atoms with Gasteiger partial charge in [0.05, 0.1) is 29.5 Å². The molecule has 2 amide bonds. The molecule has 1 aromatic carbocycles. The third-order valence-corrected chi connectivity index (χ3v) is 5.85. The van der Waals surface area contributed by atoms with Gasteiger partial charge in [-0.05, 0) is 31.0 Å². The first-order chi connectivity index (χ1) is 11.7. The van der Waals surface area contributed by atoms with E-state index in [-0.39, 0.29) is 24.7 Å². The van der Waals surface area contributed by atoms with E-state index >= 15 is 0 Å². The lowest BCUT2D eigenvalue weighted by Crippen LogP contribution is -2.48. The molecule has 3 N–H and O–H groups in total. The van der Waals surface area contributed by atoms with Crippen molar-refractivity contribution in [1.29, 1.82) is 0 Å². The molecular formula is C16H23N3O5S. The number of nitrogens with one attached hydrogen (secondary N) is 1. The number of nitrogen functional groups attached to an aromatic ring is 1. The number of aryl methyl sites for hydroxylation is 1. The maximum atomic E-state index is 12.6. The van der Waals surface area contributed by atoms with Gasteiger partial charge in [-0.25, -0.2) is 8.42 Å². The van der Waals surface area contributed by atoms with Gasteiger partial charge in [-0.15, -0.1) is 0 Å². The molecular weight excluding hydrogens is 346 g/mol. The van der Waals surface area contributed by atoms with Crippen molar-refractivity contribution in [2.45, 2.75) is 19.4 Å². The number of amides is 2. The van der Waals surface area contributed by atoms with E-state index in [2.05, 4.69) is 5.32 Å². The summed E-state index contributed by atoms with van der Waals surface area (Å²) in [5, 5.41) is 2.49. The Hall–Kier alpha value is -2.13. The highest BCUT2D eigenvalue weighted by Crippen LogP contribution is 2.21. The molecule has 1 fully saturated rings. The highest BCUT2D eigenvalue weighted by atomic mass is 32.2. The number of carbonyl (C=O) groups excluding carboxylic acids is 2.